The molecule has 126 valence electrons. The third-order valence-electron chi connectivity index (χ3n) is 3.47. The molecule has 25 heavy (non-hydrogen) atoms. The Morgan fingerprint density at radius 1 is 1.20 bits per heavy atom. The van der Waals surface area contributed by atoms with E-state index in [1.807, 2.05) is 54.0 Å². The van der Waals surface area contributed by atoms with Crippen LogP contribution in [0.1, 0.15) is 12.6 Å². The molecule has 0 unspecified atom stereocenters. The number of tetrazole rings is 1. The van der Waals surface area contributed by atoms with Gasteiger partial charge in [0.1, 0.15) is 11.4 Å². The summed E-state index contributed by atoms with van der Waals surface area (Å²) in [4.78, 5) is 8.71. The third-order valence-corrected chi connectivity index (χ3v) is 4.42. The molecule has 3 heterocycles. The molecular weight excluding hydrogens is 338 g/mol. The summed E-state index contributed by atoms with van der Waals surface area (Å²) in [5, 5.41) is 12.7. The molecule has 4 rings (SSSR count). The summed E-state index contributed by atoms with van der Waals surface area (Å²) in [6.07, 6.45) is 5.61. The minimum absolute atomic E-state index is 0.579. The van der Waals surface area contributed by atoms with Crippen LogP contribution in [0.4, 0.5) is 0 Å². The van der Waals surface area contributed by atoms with Crippen molar-refractivity contribution >= 4 is 17.5 Å². The molecule has 0 aliphatic heterocycles. The van der Waals surface area contributed by atoms with Gasteiger partial charge in [-0.05, 0) is 35.5 Å². The Morgan fingerprint density at radius 3 is 3.00 bits per heavy atom. The van der Waals surface area contributed by atoms with E-state index in [1.54, 1.807) is 10.9 Å². The van der Waals surface area contributed by atoms with E-state index in [1.165, 1.54) is 11.8 Å². The lowest BCUT2D eigenvalue weighted by Gasteiger charge is -2.10. The lowest BCUT2D eigenvalue weighted by molar-refractivity contribution is 0.337. The predicted octanol–water partition coefficient (Wildman–Crippen LogP) is 2.40. The molecule has 0 saturated carbocycles. The van der Waals surface area contributed by atoms with Gasteiger partial charge in [-0.3, -0.25) is 4.40 Å². The maximum absolute atomic E-state index is 5.67. The Hall–Kier alpha value is -2.94. The van der Waals surface area contributed by atoms with Crippen molar-refractivity contribution in [1.82, 2.24) is 34.6 Å². The molecule has 0 radical (unpaired) electrons. The maximum atomic E-state index is 5.67. The Bertz CT molecular complexity index is 964. The van der Waals surface area contributed by atoms with Gasteiger partial charge >= 0.3 is 0 Å². The monoisotopic (exact) mass is 353 g/mol. The topological polar surface area (TPSA) is 83.0 Å². The molecule has 0 spiro atoms. The fourth-order valence-corrected chi connectivity index (χ4v) is 3.18. The van der Waals surface area contributed by atoms with Crippen LogP contribution in [0.2, 0.25) is 0 Å². The average molecular weight is 353 g/mol. The first-order valence-corrected chi connectivity index (χ1v) is 8.75. The van der Waals surface area contributed by atoms with E-state index in [4.69, 9.17) is 4.74 Å². The van der Waals surface area contributed by atoms with Gasteiger partial charge in [-0.2, -0.15) is 4.68 Å². The van der Waals surface area contributed by atoms with Crippen molar-refractivity contribution in [3.63, 3.8) is 0 Å². The Morgan fingerprint density at radius 2 is 2.12 bits per heavy atom. The van der Waals surface area contributed by atoms with Crippen LogP contribution >= 0.6 is 11.8 Å². The number of rotatable bonds is 6. The normalized spacial score (nSPS) is 11.1. The SMILES string of the molecule is CCOc1ccccc1-n1nnnc1SCc1cn2cccnc2n1. The van der Waals surface area contributed by atoms with Crippen molar-refractivity contribution in [2.75, 3.05) is 6.61 Å². The lowest BCUT2D eigenvalue weighted by atomic mass is 10.3. The molecule has 0 saturated heterocycles. The van der Waals surface area contributed by atoms with Crippen LogP contribution in [-0.4, -0.2) is 41.2 Å². The number of nitrogens with zero attached hydrogens (tertiary/aromatic N) is 7. The van der Waals surface area contributed by atoms with Crippen LogP contribution in [0.5, 0.6) is 5.75 Å². The quantitative estimate of drug-likeness (QED) is 0.492. The van der Waals surface area contributed by atoms with Crippen molar-refractivity contribution < 1.29 is 4.74 Å². The number of benzene rings is 1. The second-order valence-corrected chi connectivity index (χ2v) is 6.06. The zero-order valence-electron chi connectivity index (χ0n) is 13.5. The van der Waals surface area contributed by atoms with Crippen LogP contribution in [0.3, 0.4) is 0 Å². The van der Waals surface area contributed by atoms with Crippen LogP contribution < -0.4 is 4.74 Å². The highest BCUT2D eigenvalue weighted by Crippen LogP contribution is 2.27. The van der Waals surface area contributed by atoms with Gasteiger partial charge in [0.05, 0.1) is 12.3 Å². The largest absolute Gasteiger partial charge is 0.492 e. The number of ether oxygens (including phenoxy) is 1. The molecule has 0 fully saturated rings. The van der Waals surface area contributed by atoms with Gasteiger partial charge in [-0.15, -0.1) is 5.10 Å². The first-order valence-electron chi connectivity index (χ1n) is 7.77. The van der Waals surface area contributed by atoms with E-state index >= 15 is 0 Å². The lowest BCUT2D eigenvalue weighted by Crippen LogP contribution is -2.03. The number of fused-ring (bicyclic) bond motifs is 1. The summed E-state index contributed by atoms with van der Waals surface area (Å²) in [7, 11) is 0. The molecule has 0 N–H and O–H groups in total. The molecule has 4 aromatic rings. The summed E-state index contributed by atoms with van der Waals surface area (Å²) in [6, 6.07) is 9.57. The standard InChI is InChI=1S/C16H15N7OS/c1-2-24-14-7-4-3-6-13(14)23-16(19-20-21-23)25-11-12-10-22-9-5-8-17-15(22)18-12/h3-10H,2,11H2,1H3. The summed E-state index contributed by atoms with van der Waals surface area (Å²) in [6.45, 7) is 2.53. The third kappa shape index (κ3) is 3.18. The van der Waals surface area contributed by atoms with E-state index < -0.39 is 0 Å². The molecule has 0 atom stereocenters. The highest BCUT2D eigenvalue weighted by Gasteiger charge is 2.14. The zero-order valence-corrected chi connectivity index (χ0v) is 14.3. The number of hydrogen-bond acceptors (Lipinski definition) is 7. The number of aromatic nitrogens is 7. The Balaban J connectivity index is 1.58. The molecule has 3 aromatic heterocycles. The van der Waals surface area contributed by atoms with Gasteiger partial charge in [0, 0.05) is 24.3 Å². The predicted molar refractivity (Wildman–Crippen MR) is 92.9 cm³/mol. The molecule has 0 aliphatic rings. The van der Waals surface area contributed by atoms with Crippen molar-refractivity contribution in [2.24, 2.45) is 0 Å². The summed E-state index contributed by atoms with van der Waals surface area (Å²) in [5.74, 6) is 2.07. The fraction of sp³-hybridized carbons (Fsp3) is 0.188. The fourth-order valence-electron chi connectivity index (χ4n) is 2.42. The molecule has 8 nitrogen and oxygen atoms in total. The van der Waals surface area contributed by atoms with Crippen molar-refractivity contribution in [3.8, 4) is 11.4 Å². The number of thioether (sulfide) groups is 1. The Kier molecular flexibility index (Phi) is 4.30. The van der Waals surface area contributed by atoms with Crippen LogP contribution in [0.25, 0.3) is 11.5 Å². The van der Waals surface area contributed by atoms with Crippen molar-refractivity contribution in [2.45, 2.75) is 17.8 Å². The van der Waals surface area contributed by atoms with Gasteiger partial charge in [-0.25, -0.2) is 9.97 Å². The molecule has 0 bridgehead atoms. The van der Waals surface area contributed by atoms with E-state index in [0.29, 0.717) is 23.3 Å². The molecule has 0 amide bonds. The van der Waals surface area contributed by atoms with E-state index in [9.17, 15) is 0 Å². The number of para-hydroxylation sites is 2. The van der Waals surface area contributed by atoms with E-state index in [0.717, 1.165) is 17.1 Å². The van der Waals surface area contributed by atoms with Crippen molar-refractivity contribution in [1.29, 1.82) is 0 Å². The highest BCUT2D eigenvalue weighted by atomic mass is 32.2. The number of imidazole rings is 1. The maximum Gasteiger partial charge on any atom is 0.233 e. The Labute approximate surface area is 147 Å². The molecule has 0 aliphatic carbocycles. The van der Waals surface area contributed by atoms with Crippen LogP contribution in [0.15, 0.2) is 54.1 Å². The smallest absolute Gasteiger partial charge is 0.233 e. The number of hydrogen-bond donors (Lipinski definition) is 0. The molecule has 1 aromatic carbocycles. The van der Waals surface area contributed by atoms with E-state index in [-0.39, 0.29) is 0 Å². The molecular formula is C16H15N7OS. The van der Waals surface area contributed by atoms with Gasteiger partial charge in [0.15, 0.2) is 0 Å². The average Bonchev–Trinajstić information content (AvgIpc) is 3.27. The first kappa shape index (κ1) is 15.6. The van der Waals surface area contributed by atoms with Crippen LogP contribution in [0, 0.1) is 0 Å². The summed E-state index contributed by atoms with van der Waals surface area (Å²) >= 11 is 1.51. The zero-order chi connectivity index (χ0) is 17.1. The van der Waals surface area contributed by atoms with Crippen molar-refractivity contribution in [3.05, 3.63) is 54.6 Å². The van der Waals surface area contributed by atoms with Gasteiger partial charge in [-0.1, -0.05) is 23.9 Å². The second kappa shape index (κ2) is 6.89. The van der Waals surface area contributed by atoms with Gasteiger partial charge < -0.3 is 4.74 Å². The summed E-state index contributed by atoms with van der Waals surface area (Å²) < 4.78 is 9.25. The first-order chi connectivity index (χ1) is 12.3. The van der Waals surface area contributed by atoms with Gasteiger partial charge in [0.25, 0.3) is 0 Å². The van der Waals surface area contributed by atoms with Gasteiger partial charge in [0.2, 0.25) is 10.9 Å². The molecule has 9 heteroatoms. The minimum Gasteiger partial charge on any atom is -0.492 e. The minimum atomic E-state index is 0.579. The highest BCUT2D eigenvalue weighted by molar-refractivity contribution is 7.98. The summed E-state index contributed by atoms with van der Waals surface area (Å²) in [5.41, 5.74) is 1.73. The van der Waals surface area contributed by atoms with Crippen LogP contribution in [-0.2, 0) is 5.75 Å². The second-order valence-electron chi connectivity index (χ2n) is 5.12. The van der Waals surface area contributed by atoms with E-state index in [2.05, 4.69) is 25.5 Å².